The smallest absolute Gasteiger partial charge is 0.266 e. The molecule has 0 aromatic heterocycles. The van der Waals surface area contributed by atoms with Crippen molar-refractivity contribution < 1.29 is 22.7 Å². The first-order valence-corrected chi connectivity index (χ1v) is 14.7. The Balaban J connectivity index is 1.32. The fourth-order valence-corrected chi connectivity index (χ4v) is 5.51. The lowest BCUT2D eigenvalue weighted by atomic mass is 9.99. The number of benzene rings is 5. The van der Waals surface area contributed by atoms with Crippen LogP contribution < -0.4 is 14.8 Å². The minimum absolute atomic E-state index is 0.0112. The SMILES string of the molecule is C#Cc1cc(-c2ccccc2)ccc1C(=O)Nc1ccccc1S(=O)(=O)NC(=O)c1cccc(OCc2ccccc2)c1. The van der Waals surface area contributed by atoms with Crippen LogP contribution in [0.15, 0.2) is 132 Å². The molecular weight excluding hydrogens is 560 g/mol. The number of ether oxygens (including phenoxy) is 1. The Labute approximate surface area is 250 Å². The molecule has 5 aromatic carbocycles. The standard InChI is InChI=1S/C35H26N2O5S/c1-2-26-22-28(27-14-7-4-8-15-27)20-21-31(26)35(39)36-32-18-9-10-19-33(32)43(40,41)37-34(38)29-16-11-17-30(23-29)42-24-25-12-5-3-6-13-25/h1,3-23H,24H2,(H,36,39)(H,37,38). The van der Waals surface area contributed by atoms with E-state index < -0.39 is 21.8 Å². The van der Waals surface area contributed by atoms with Crippen LogP contribution >= 0.6 is 0 Å². The molecule has 7 nitrogen and oxygen atoms in total. The number of terminal acetylenes is 1. The molecule has 0 bridgehead atoms. The number of carbonyl (C=O) groups excluding carboxylic acids is 2. The Hall–Kier alpha value is -5.65. The Bertz CT molecular complexity index is 1930. The minimum atomic E-state index is -4.39. The fourth-order valence-electron chi connectivity index (χ4n) is 4.37. The summed E-state index contributed by atoms with van der Waals surface area (Å²) in [5, 5.41) is 2.64. The Kier molecular flexibility index (Phi) is 8.66. The summed E-state index contributed by atoms with van der Waals surface area (Å²) in [6.45, 7) is 0.285. The highest BCUT2D eigenvalue weighted by Gasteiger charge is 2.24. The Morgan fingerprint density at radius 1 is 0.721 bits per heavy atom. The third-order valence-corrected chi connectivity index (χ3v) is 7.91. The summed E-state index contributed by atoms with van der Waals surface area (Å²) < 4.78 is 34.5. The quantitative estimate of drug-likeness (QED) is 0.198. The monoisotopic (exact) mass is 586 g/mol. The lowest BCUT2D eigenvalue weighted by Crippen LogP contribution is -2.31. The van der Waals surface area contributed by atoms with E-state index in [0.717, 1.165) is 16.7 Å². The van der Waals surface area contributed by atoms with Crippen LogP contribution in [0.4, 0.5) is 5.69 Å². The van der Waals surface area contributed by atoms with Crippen LogP contribution in [-0.4, -0.2) is 20.2 Å². The van der Waals surface area contributed by atoms with Crippen LogP contribution in [0, 0.1) is 12.3 Å². The number of sulfonamides is 1. The van der Waals surface area contributed by atoms with Crippen molar-refractivity contribution in [3.63, 3.8) is 0 Å². The fraction of sp³-hybridized carbons (Fsp3) is 0.0286. The Morgan fingerprint density at radius 3 is 2.16 bits per heavy atom. The van der Waals surface area contributed by atoms with Crippen LogP contribution in [0.1, 0.15) is 31.8 Å². The molecule has 0 saturated carbocycles. The average Bonchev–Trinajstić information content (AvgIpc) is 3.04. The maximum absolute atomic E-state index is 13.3. The first-order chi connectivity index (χ1) is 20.8. The van der Waals surface area contributed by atoms with Gasteiger partial charge in [0.15, 0.2) is 0 Å². The molecule has 5 rings (SSSR count). The molecule has 0 aliphatic rings. The van der Waals surface area contributed by atoms with Crippen molar-refractivity contribution in [3.8, 4) is 29.2 Å². The van der Waals surface area contributed by atoms with Crippen molar-refractivity contribution >= 4 is 27.5 Å². The van der Waals surface area contributed by atoms with E-state index in [1.165, 1.54) is 30.3 Å². The van der Waals surface area contributed by atoms with Crippen LogP contribution in [0.2, 0.25) is 0 Å². The van der Waals surface area contributed by atoms with E-state index in [2.05, 4.69) is 16.0 Å². The normalized spacial score (nSPS) is 10.8. The highest BCUT2D eigenvalue weighted by Crippen LogP contribution is 2.25. The van der Waals surface area contributed by atoms with Crippen LogP contribution in [0.25, 0.3) is 11.1 Å². The summed E-state index contributed by atoms with van der Waals surface area (Å²) in [7, 11) is -4.39. The molecule has 5 aromatic rings. The number of hydrogen-bond donors (Lipinski definition) is 2. The molecule has 0 radical (unpaired) electrons. The van der Waals surface area contributed by atoms with Crippen LogP contribution in [0.3, 0.4) is 0 Å². The van der Waals surface area contributed by atoms with Gasteiger partial charge in [-0.25, -0.2) is 13.1 Å². The van der Waals surface area contributed by atoms with Gasteiger partial charge in [0.25, 0.3) is 21.8 Å². The van der Waals surface area contributed by atoms with E-state index in [-0.39, 0.29) is 28.3 Å². The molecule has 212 valence electrons. The summed E-state index contributed by atoms with van der Waals surface area (Å²) in [4.78, 5) is 26.0. The number of anilines is 1. The zero-order chi connectivity index (χ0) is 30.2. The van der Waals surface area contributed by atoms with E-state index in [1.54, 1.807) is 36.4 Å². The average molecular weight is 587 g/mol. The number of hydrogen-bond acceptors (Lipinski definition) is 5. The molecule has 0 spiro atoms. The third kappa shape index (κ3) is 6.99. The predicted octanol–water partition coefficient (Wildman–Crippen LogP) is 6.28. The second kappa shape index (κ2) is 12.9. The van der Waals surface area contributed by atoms with Crippen molar-refractivity contribution in [2.24, 2.45) is 0 Å². The van der Waals surface area contributed by atoms with Gasteiger partial charge in [0.2, 0.25) is 0 Å². The van der Waals surface area contributed by atoms with Gasteiger partial charge in [0.05, 0.1) is 11.3 Å². The summed E-state index contributed by atoms with van der Waals surface area (Å²) in [6.07, 6.45) is 5.71. The molecule has 43 heavy (non-hydrogen) atoms. The number of carbonyl (C=O) groups is 2. The molecular formula is C35H26N2O5S. The lowest BCUT2D eigenvalue weighted by Gasteiger charge is -2.14. The van der Waals surface area contributed by atoms with E-state index in [4.69, 9.17) is 11.2 Å². The summed E-state index contributed by atoms with van der Waals surface area (Å²) in [5.41, 5.74) is 3.35. The van der Waals surface area contributed by atoms with Crippen LogP contribution in [0.5, 0.6) is 5.75 Å². The van der Waals surface area contributed by atoms with Crippen molar-refractivity contribution in [2.45, 2.75) is 11.5 Å². The molecule has 0 heterocycles. The maximum Gasteiger partial charge on any atom is 0.266 e. The van der Waals surface area contributed by atoms with Crippen LogP contribution in [-0.2, 0) is 16.6 Å². The largest absolute Gasteiger partial charge is 0.489 e. The van der Waals surface area contributed by atoms with Crippen molar-refractivity contribution in [1.82, 2.24) is 4.72 Å². The van der Waals surface area contributed by atoms with Crippen molar-refractivity contribution in [2.75, 3.05) is 5.32 Å². The second-order valence-corrected chi connectivity index (χ2v) is 11.1. The van der Waals surface area contributed by atoms with Gasteiger partial charge in [-0.05, 0) is 59.2 Å². The highest BCUT2D eigenvalue weighted by molar-refractivity contribution is 7.90. The summed E-state index contributed by atoms with van der Waals surface area (Å²) in [6, 6.07) is 36.2. The van der Waals surface area contributed by atoms with Gasteiger partial charge in [0, 0.05) is 11.1 Å². The Morgan fingerprint density at radius 2 is 1.42 bits per heavy atom. The van der Waals surface area contributed by atoms with Gasteiger partial charge in [-0.1, -0.05) is 90.8 Å². The molecule has 0 aliphatic carbocycles. The number of amides is 2. The van der Waals surface area contributed by atoms with E-state index in [9.17, 15) is 18.0 Å². The number of nitrogens with one attached hydrogen (secondary N) is 2. The van der Waals surface area contributed by atoms with Crippen molar-refractivity contribution in [1.29, 1.82) is 0 Å². The second-order valence-electron chi connectivity index (χ2n) is 9.46. The molecule has 0 unspecified atom stereocenters. The molecule has 2 N–H and O–H groups in total. The van der Waals surface area contributed by atoms with Gasteiger partial charge >= 0.3 is 0 Å². The minimum Gasteiger partial charge on any atom is -0.489 e. The topological polar surface area (TPSA) is 102 Å². The molecule has 0 saturated heterocycles. The van der Waals surface area contributed by atoms with E-state index in [0.29, 0.717) is 11.3 Å². The zero-order valence-electron chi connectivity index (χ0n) is 22.9. The molecule has 0 fully saturated rings. The molecule has 2 amide bonds. The van der Waals surface area contributed by atoms with E-state index >= 15 is 0 Å². The van der Waals surface area contributed by atoms with Gasteiger partial charge in [0.1, 0.15) is 17.3 Å². The number of para-hydroxylation sites is 1. The summed E-state index contributed by atoms with van der Waals surface area (Å²) >= 11 is 0. The third-order valence-electron chi connectivity index (χ3n) is 6.52. The first kappa shape index (κ1) is 28.9. The predicted molar refractivity (Wildman–Crippen MR) is 166 cm³/mol. The highest BCUT2D eigenvalue weighted by atomic mass is 32.2. The molecule has 8 heteroatoms. The number of rotatable bonds is 9. The van der Waals surface area contributed by atoms with Gasteiger partial charge in [-0.15, -0.1) is 6.42 Å². The van der Waals surface area contributed by atoms with E-state index in [1.807, 2.05) is 60.7 Å². The lowest BCUT2D eigenvalue weighted by molar-refractivity contribution is 0.0979. The molecule has 0 atom stereocenters. The zero-order valence-corrected chi connectivity index (χ0v) is 23.7. The van der Waals surface area contributed by atoms with Gasteiger partial charge in [-0.2, -0.15) is 0 Å². The van der Waals surface area contributed by atoms with Gasteiger partial charge in [-0.3, -0.25) is 9.59 Å². The van der Waals surface area contributed by atoms with Gasteiger partial charge < -0.3 is 10.1 Å². The maximum atomic E-state index is 13.3. The van der Waals surface area contributed by atoms with Crippen molar-refractivity contribution in [3.05, 3.63) is 150 Å². The first-order valence-electron chi connectivity index (χ1n) is 13.2. The summed E-state index contributed by atoms with van der Waals surface area (Å²) in [5.74, 6) is 1.50. The molecule has 0 aliphatic heterocycles.